The summed E-state index contributed by atoms with van der Waals surface area (Å²) in [5, 5.41) is 9.65. The van der Waals surface area contributed by atoms with Gasteiger partial charge in [0.2, 0.25) is 0 Å². The predicted molar refractivity (Wildman–Crippen MR) is 151 cm³/mol. The lowest BCUT2D eigenvalue weighted by molar-refractivity contribution is -0.00566. The van der Waals surface area contributed by atoms with Crippen molar-refractivity contribution in [3.8, 4) is 0 Å². The summed E-state index contributed by atoms with van der Waals surface area (Å²) in [6.45, 7) is 10.9. The van der Waals surface area contributed by atoms with Gasteiger partial charge >= 0.3 is 0 Å². The normalized spacial score (nSPS) is 18.9. The molecule has 204 valence electrons. The number of benzene rings is 3. The lowest BCUT2D eigenvalue weighted by atomic mass is 9.78. The maximum atomic E-state index is 16.3. The molecule has 4 nitrogen and oxygen atoms in total. The summed E-state index contributed by atoms with van der Waals surface area (Å²) in [5.74, 6) is -1.84. The van der Waals surface area contributed by atoms with Gasteiger partial charge in [-0.05, 0) is 48.1 Å². The molecule has 0 saturated carbocycles. The Labute approximate surface area is 227 Å². The van der Waals surface area contributed by atoms with Gasteiger partial charge in [0.1, 0.15) is 5.60 Å². The molecule has 4 rings (SSSR count). The number of anilines is 1. The monoisotopic (exact) mass is 539 g/mol. The van der Waals surface area contributed by atoms with Crippen LogP contribution in [0.5, 0.6) is 0 Å². The van der Waals surface area contributed by atoms with Gasteiger partial charge in [-0.15, -0.1) is 0 Å². The zero-order chi connectivity index (χ0) is 27.5. The molecule has 0 bridgehead atoms. The third-order valence-electron chi connectivity index (χ3n) is 6.83. The van der Waals surface area contributed by atoms with Crippen LogP contribution in [0.1, 0.15) is 56.9 Å². The van der Waals surface area contributed by atoms with Crippen LogP contribution in [-0.2, 0) is 21.2 Å². The molecule has 0 spiro atoms. The Morgan fingerprint density at radius 2 is 1.45 bits per heavy atom. The van der Waals surface area contributed by atoms with Gasteiger partial charge in [0.15, 0.2) is 21.4 Å². The number of halogens is 2. The molecule has 1 aliphatic rings. The second kappa shape index (κ2) is 11.7. The van der Waals surface area contributed by atoms with Crippen LogP contribution < -0.4 is 4.90 Å². The number of aliphatic hydroxyl groups is 1. The topological polar surface area (TPSA) is 41.9 Å². The van der Waals surface area contributed by atoms with Gasteiger partial charge in [-0.1, -0.05) is 81.4 Å². The summed E-state index contributed by atoms with van der Waals surface area (Å²) in [5.41, 5.74) is 1.40. The smallest absolute Gasteiger partial charge is 0.182 e. The fourth-order valence-electron chi connectivity index (χ4n) is 5.30. The molecule has 3 aromatic carbocycles. The van der Waals surface area contributed by atoms with E-state index in [0.717, 1.165) is 11.1 Å². The van der Waals surface area contributed by atoms with Crippen molar-refractivity contribution < 1.29 is 23.1 Å². The summed E-state index contributed by atoms with van der Waals surface area (Å²) >= 11 is 0. The Bertz CT molecular complexity index is 1170. The first-order chi connectivity index (χ1) is 18.1. The lowest BCUT2D eigenvalue weighted by Gasteiger charge is -2.43. The fourth-order valence-corrected chi connectivity index (χ4v) is 6.44. The summed E-state index contributed by atoms with van der Waals surface area (Å²) in [6.07, 6.45) is -0.305. The number of nitrogens with zero attached hydrogens (tertiary/aromatic N) is 1. The van der Waals surface area contributed by atoms with Crippen LogP contribution in [0.25, 0.3) is 0 Å². The molecule has 2 unspecified atom stereocenters. The van der Waals surface area contributed by atoms with Crippen molar-refractivity contribution in [1.82, 2.24) is 0 Å². The molecule has 38 heavy (non-hydrogen) atoms. The molecule has 1 fully saturated rings. The van der Waals surface area contributed by atoms with E-state index in [4.69, 9.17) is 9.16 Å². The average Bonchev–Trinajstić information content (AvgIpc) is 2.87. The van der Waals surface area contributed by atoms with Crippen LogP contribution in [0.3, 0.4) is 0 Å². The SMILES string of the molecule is CC1CN(c2c(C(O[SiH2]C(C)(C)C)(c3ccccc3)c3ccccc3)cc(CCO)c(F)c2F)CC(C)O1. The van der Waals surface area contributed by atoms with Crippen LogP contribution in [0.4, 0.5) is 14.5 Å². The molecule has 2 atom stereocenters. The second-order valence-electron chi connectivity index (χ2n) is 11.5. The maximum Gasteiger partial charge on any atom is 0.182 e. The van der Waals surface area contributed by atoms with E-state index in [2.05, 4.69) is 20.8 Å². The molecular formula is C31H39F2NO3Si. The van der Waals surface area contributed by atoms with Gasteiger partial charge in [-0.2, -0.15) is 0 Å². The molecule has 1 heterocycles. The molecular weight excluding hydrogens is 500 g/mol. The molecule has 1 N–H and O–H groups in total. The van der Waals surface area contributed by atoms with Crippen molar-refractivity contribution in [2.75, 3.05) is 24.6 Å². The Kier molecular flexibility index (Phi) is 8.72. The molecule has 0 aromatic heterocycles. The molecule has 0 radical (unpaired) electrons. The molecule has 7 heteroatoms. The summed E-state index contributed by atoms with van der Waals surface area (Å²) in [4.78, 5) is 1.90. The number of aliphatic hydroxyl groups excluding tert-OH is 1. The van der Waals surface area contributed by atoms with Gasteiger partial charge in [0.25, 0.3) is 0 Å². The van der Waals surface area contributed by atoms with Crippen LogP contribution in [0.15, 0.2) is 66.7 Å². The number of rotatable bonds is 8. The van der Waals surface area contributed by atoms with Gasteiger partial charge in [-0.25, -0.2) is 8.78 Å². The standard InChI is InChI=1S/C31H39F2NO3Si/c1-21-19-34(20-22(2)36-21)29-26(18-23(16-17-35)27(32)28(29)33)31(37-38-30(3,4)5,24-12-8-6-9-13-24)25-14-10-7-11-15-25/h6-15,18,21-22,35H,16-17,19-20,38H2,1-5H3. The highest BCUT2D eigenvalue weighted by atomic mass is 28.2. The number of morpholine rings is 1. The number of hydrogen-bond acceptors (Lipinski definition) is 4. The van der Waals surface area contributed by atoms with E-state index < -0.39 is 27.0 Å². The average molecular weight is 540 g/mol. The van der Waals surface area contributed by atoms with Crippen LogP contribution in [0, 0.1) is 11.6 Å². The first-order valence-electron chi connectivity index (χ1n) is 13.3. The summed E-state index contributed by atoms with van der Waals surface area (Å²) in [7, 11) is -1.21. The largest absolute Gasteiger partial charge is 0.406 e. The highest BCUT2D eigenvalue weighted by Gasteiger charge is 2.43. The zero-order valence-electron chi connectivity index (χ0n) is 23.0. The Balaban J connectivity index is 2.11. The van der Waals surface area contributed by atoms with Gasteiger partial charge in [0, 0.05) is 25.3 Å². The fraction of sp³-hybridized carbons (Fsp3) is 0.419. The van der Waals surface area contributed by atoms with Crippen LogP contribution in [0.2, 0.25) is 5.04 Å². The minimum atomic E-state index is -1.21. The Morgan fingerprint density at radius 3 is 1.92 bits per heavy atom. The van der Waals surface area contributed by atoms with Crippen molar-refractivity contribution >= 4 is 15.5 Å². The van der Waals surface area contributed by atoms with Crippen molar-refractivity contribution in [3.63, 3.8) is 0 Å². The summed E-state index contributed by atoms with van der Waals surface area (Å²) < 4.78 is 44.9. The highest BCUT2D eigenvalue weighted by Crippen LogP contribution is 2.48. The summed E-state index contributed by atoms with van der Waals surface area (Å²) in [6, 6.07) is 21.3. The molecule has 1 aliphatic heterocycles. The van der Waals surface area contributed by atoms with E-state index in [0.29, 0.717) is 18.7 Å². The van der Waals surface area contributed by atoms with E-state index in [1.165, 1.54) is 0 Å². The van der Waals surface area contributed by atoms with Gasteiger partial charge < -0.3 is 19.2 Å². The molecule has 3 aromatic rings. The maximum absolute atomic E-state index is 16.3. The van der Waals surface area contributed by atoms with E-state index in [-0.39, 0.29) is 41.5 Å². The first-order valence-corrected chi connectivity index (χ1v) is 14.6. The Morgan fingerprint density at radius 1 is 0.921 bits per heavy atom. The van der Waals surface area contributed by atoms with E-state index >= 15 is 8.78 Å². The lowest BCUT2D eigenvalue weighted by Crippen LogP contribution is -2.47. The van der Waals surface area contributed by atoms with Crippen molar-refractivity contribution in [2.45, 2.75) is 63.9 Å². The first kappa shape index (κ1) is 28.4. The number of hydrogen-bond donors (Lipinski definition) is 1. The van der Waals surface area contributed by atoms with Crippen molar-refractivity contribution in [3.05, 3.63) is 101 Å². The van der Waals surface area contributed by atoms with E-state index in [1.54, 1.807) is 6.07 Å². The third kappa shape index (κ3) is 5.86. The highest BCUT2D eigenvalue weighted by molar-refractivity contribution is 6.32. The third-order valence-corrected chi connectivity index (χ3v) is 8.28. The quantitative estimate of drug-likeness (QED) is 0.294. The van der Waals surface area contributed by atoms with Crippen molar-refractivity contribution in [1.29, 1.82) is 0 Å². The van der Waals surface area contributed by atoms with Gasteiger partial charge in [-0.3, -0.25) is 0 Å². The number of ether oxygens (including phenoxy) is 1. The van der Waals surface area contributed by atoms with Crippen molar-refractivity contribution in [2.24, 2.45) is 0 Å². The second-order valence-corrected chi connectivity index (χ2v) is 14.2. The minimum Gasteiger partial charge on any atom is -0.406 e. The molecule has 1 saturated heterocycles. The van der Waals surface area contributed by atoms with E-state index in [9.17, 15) is 5.11 Å². The molecule has 0 amide bonds. The minimum absolute atomic E-state index is 0.00229. The van der Waals surface area contributed by atoms with Gasteiger partial charge in [0.05, 0.1) is 17.9 Å². The molecule has 0 aliphatic carbocycles. The predicted octanol–water partition coefficient (Wildman–Crippen LogP) is 5.72. The van der Waals surface area contributed by atoms with E-state index in [1.807, 2.05) is 79.4 Å². The Hall–Kier alpha value is -2.58. The van der Waals surface area contributed by atoms with Crippen LogP contribution >= 0.6 is 0 Å². The van der Waals surface area contributed by atoms with Crippen LogP contribution in [-0.4, -0.2) is 46.8 Å². The zero-order valence-corrected chi connectivity index (χ0v) is 24.4.